The predicted molar refractivity (Wildman–Crippen MR) is 136 cm³/mol. The van der Waals surface area contributed by atoms with Gasteiger partial charge in [0, 0.05) is 23.1 Å². The van der Waals surface area contributed by atoms with Gasteiger partial charge < -0.3 is 13.9 Å². The Morgan fingerprint density at radius 1 is 1.18 bits per heavy atom. The molecule has 1 aromatic heterocycles. The number of amidine groups is 1. The van der Waals surface area contributed by atoms with Crippen LogP contribution in [0.1, 0.15) is 5.76 Å². The Balaban J connectivity index is 1.57. The first kappa shape index (κ1) is 24.0. The van der Waals surface area contributed by atoms with Crippen molar-refractivity contribution in [3.8, 4) is 5.75 Å². The molecule has 0 saturated carbocycles. The molecule has 1 aliphatic rings. The molecule has 0 aliphatic carbocycles. The highest BCUT2D eigenvalue weighted by atomic mass is 79.9. The molecule has 0 N–H and O–H groups in total. The SMILES string of the molecule is COCN1C(=O)C(=Cc2cc(Br)c(Sc3ccc(Cl)cc3)o2)SC1=Nc1ccc(OC)cc1. The minimum absolute atomic E-state index is 0.0949. The summed E-state index contributed by atoms with van der Waals surface area (Å²) in [7, 11) is 3.14. The summed E-state index contributed by atoms with van der Waals surface area (Å²) in [6.07, 6.45) is 1.71. The van der Waals surface area contributed by atoms with Crippen molar-refractivity contribution in [1.29, 1.82) is 0 Å². The number of benzene rings is 2. The summed E-state index contributed by atoms with van der Waals surface area (Å²) in [5.74, 6) is 1.09. The van der Waals surface area contributed by atoms with Gasteiger partial charge in [-0.05, 0) is 82.3 Å². The van der Waals surface area contributed by atoms with E-state index >= 15 is 0 Å². The van der Waals surface area contributed by atoms with Crippen molar-refractivity contribution >= 4 is 73.9 Å². The normalized spacial score (nSPS) is 16.2. The van der Waals surface area contributed by atoms with Crippen molar-refractivity contribution in [2.24, 2.45) is 4.99 Å². The van der Waals surface area contributed by atoms with E-state index in [9.17, 15) is 4.79 Å². The average Bonchev–Trinajstić information content (AvgIpc) is 3.30. The molecule has 3 aromatic rings. The van der Waals surface area contributed by atoms with Crippen LogP contribution in [-0.4, -0.2) is 36.9 Å². The summed E-state index contributed by atoms with van der Waals surface area (Å²) in [6, 6.07) is 16.6. The molecule has 2 heterocycles. The zero-order chi connectivity index (χ0) is 23.4. The number of thioether (sulfide) groups is 1. The van der Waals surface area contributed by atoms with Crippen LogP contribution < -0.4 is 4.74 Å². The molecule has 1 amide bonds. The van der Waals surface area contributed by atoms with Gasteiger partial charge in [0.05, 0.1) is 22.2 Å². The smallest absolute Gasteiger partial charge is 0.268 e. The number of hydrogen-bond donors (Lipinski definition) is 0. The van der Waals surface area contributed by atoms with E-state index in [2.05, 4.69) is 20.9 Å². The first-order chi connectivity index (χ1) is 16.0. The van der Waals surface area contributed by atoms with Gasteiger partial charge >= 0.3 is 0 Å². The van der Waals surface area contributed by atoms with Gasteiger partial charge in [-0.1, -0.05) is 23.4 Å². The van der Waals surface area contributed by atoms with Gasteiger partial charge in [-0.25, -0.2) is 4.99 Å². The van der Waals surface area contributed by atoms with E-state index < -0.39 is 0 Å². The van der Waals surface area contributed by atoms with E-state index in [-0.39, 0.29) is 12.6 Å². The summed E-state index contributed by atoms with van der Waals surface area (Å²) in [5.41, 5.74) is 0.704. The number of aliphatic imine (C=N–C) groups is 1. The molecule has 0 bridgehead atoms. The molecule has 0 spiro atoms. The molecule has 33 heavy (non-hydrogen) atoms. The summed E-state index contributed by atoms with van der Waals surface area (Å²) >= 11 is 12.2. The topological polar surface area (TPSA) is 64.3 Å². The number of rotatable bonds is 7. The van der Waals surface area contributed by atoms with Gasteiger partial charge in [0.15, 0.2) is 10.3 Å². The Kier molecular flexibility index (Phi) is 7.87. The number of hydrogen-bond acceptors (Lipinski definition) is 7. The number of carbonyl (C=O) groups is 1. The maximum Gasteiger partial charge on any atom is 0.268 e. The summed E-state index contributed by atoms with van der Waals surface area (Å²) in [5, 5.41) is 1.88. The van der Waals surface area contributed by atoms with Crippen LogP contribution in [0.3, 0.4) is 0 Å². The Hall–Kier alpha value is -2.17. The fourth-order valence-corrected chi connectivity index (χ4v) is 5.27. The fourth-order valence-electron chi connectivity index (χ4n) is 2.85. The minimum atomic E-state index is -0.200. The van der Waals surface area contributed by atoms with Gasteiger partial charge in [0.25, 0.3) is 5.91 Å². The second-order valence-electron chi connectivity index (χ2n) is 6.69. The first-order valence-electron chi connectivity index (χ1n) is 9.62. The van der Waals surface area contributed by atoms with E-state index in [4.69, 9.17) is 25.5 Å². The summed E-state index contributed by atoms with van der Waals surface area (Å²) in [4.78, 5) is 20.6. The van der Waals surface area contributed by atoms with Crippen LogP contribution in [-0.2, 0) is 9.53 Å². The molecule has 4 rings (SSSR count). The van der Waals surface area contributed by atoms with Gasteiger partial charge in [0.2, 0.25) is 0 Å². The Labute approximate surface area is 213 Å². The molecular weight excluding hydrogens is 548 g/mol. The molecule has 170 valence electrons. The third kappa shape index (κ3) is 5.85. The van der Waals surface area contributed by atoms with Crippen molar-refractivity contribution in [2.45, 2.75) is 9.99 Å². The molecule has 1 saturated heterocycles. The monoisotopic (exact) mass is 564 g/mol. The lowest BCUT2D eigenvalue weighted by molar-refractivity contribution is -0.125. The maximum atomic E-state index is 13.0. The lowest BCUT2D eigenvalue weighted by Crippen LogP contribution is -2.30. The zero-order valence-electron chi connectivity index (χ0n) is 17.6. The van der Waals surface area contributed by atoms with Crippen LogP contribution >= 0.6 is 51.1 Å². The summed E-state index contributed by atoms with van der Waals surface area (Å²) < 4.78 is 17.2. The highest BCUT2D eigenvalue weighted by Crippen LogP contribution is 2.39. The quantitative estimate of drug-likeness (QED) is 0.286. The number of carbonyl (C=O) groups excluding carboxylic acids is 1. The second kappa shape index (κ2) is 10.8. The van der Waals surface area contributed by atoms with E-state index in [0.717, 1.165) is 15.1 Å². The number of ether oxygens (including phenoxy) is 2. The predicted octanol–water partition coefficient (Wildman–Crippen LogP) is 7.06. The zero-order valence-corrected chi connectivity index (χ0v) is 21.6. The first-order valence-corrected chi connectivity index (χ1v) is 12.4. The van der Waals surface area contributed by atoms with Crippen LogP contribution in [0.5, 0.6) is 5.75 Å². The van der Waals surface area contributed by atoms with Crippen LogP contribution in [0.4, 0.5) is 5.69 Å². The number of amides is 1. The van der Waals surface area contributed by atoms with Crippen LogP contribution in [0.2, 0.25) is 5.02 Å². The van der Waals surface area contributed by atoms with Gasteiger partial charge in [-0.3, -0.25) is 9.69 Å². The van der Waals surface area contributed by atoms with Crippen LogP contribution in [0, 0.1) is 0 Å². The average molecular weight is 566 g/mol. The van der Waals surface area contributed by atoms with Crippen molar-refractivity contribution < 1.29 is 18.7 Å². The van der Waals surface area contributed by atoms with Crippen LogP contribution in [0.15, 0.2) is 83.4 Å². The third-order valence-corrected chi connectivity index (χ3v) is 7.52. The van der Waals surface area contributed by atoms with E-state index in [1.807, 2.05) is 54.6 Å². The minimum Gasteiger partial charge on any atom is -0.497 e. The van der Waals surface area contributed by atoms with Crippen molar-refractivity contribution in [1.82, 2.24) is 4.90 Å². The van der Waals surface area contributed by atoms with E-state index in [0.29, 0.717) is 31.6 Å². The van der Waals surface area contributed by atoms with E-state index in [1.165, 1.54) is 35.5 Å². The lowest BCUT2D eigenvalue weighted by atomic mass is 10.3. The fraction of sp³-hybridized carbons (Fsp3) is 0.130. The number of halogens is 2. The Morgan fingerprint density at radius 3 is 2.58 bits per heavy atom. The third-order valence-electron chi connectivity index (χ3n) is 4.42. The van der Waals surface area contributed by atoms with Gasteiger partial charge in [-0.15, -0.1) is 0 Å². The molecule has 0 atom stereocenters. The number of methoxy groups -OCH3 is 2. The molecular formula is C23H18BrClN2O4S2. The molecule has 2 aromatic carbocycles. The second-order valence-corrected chi connectivity index (χ2v) is 10.0. The van der Waals surface area contributed by atoms with Gasteiger partial charge in [0.1, 0.15) is 18.2 Å². The number of nitrogens with zero attached hydrogens (tertiary/aromatic N) is 2. The Bertz CT molecular complexity index is 1210. The van der Waals surface area contributed by atoms with Crippen molar-refractivity contribution in [3.63, 3.8) is 0 Å². The largest absolute Gasteiger partial charge is 0.497 e. The van der Waals surface area contributed by atoms with Crippen LogP contribution in [0.25, 0.3) is 6.08 Å². The molecule has 1 fully saturated rings. The number of furan rings is 1. The summed E-state index contributed by atoms with van der Waals surface area (Å²) in [6.45, 7) is 0.0949. The molecule has 10 heteroatoms. The van der Waals surface area contributed by atoms with E-state index in [1.54, 1.807) is 13.2 Å². The molecule has 0 unspecified atom stereocenters. The molecule has 0 radical (unpaired) electrons. The highest BCUT2D eigenvalue weighted by molar-refractivity contribution is 9.10. The van der Waals surface area contributed by atoms with Crippen molar-refractivity contribution in [2.75, 3.05) is 21.0 Å². The van der Waals surface area contributed by atoms with Crippen molar-refractivity contribution in [3.05, 3.63) is 74.8 Å². The van der Waals surface area contributed by atoms with Gasteiger partial charge in [-0.2, -0.15) is 0 Å². The molecule has 6 nitrogen and oxygen atoms in total. The molecule has 1 aliphatic heterocycles. The maximum absolute atomic E-state index is 13.0. The standard InChI is InChI=1S/C23H18BrClN2O4S2/c1-29-13-27-21(28)20(33-23(27)26-15-5-7-16(30-2)8-6-15)12-17-11-19(24)22(31-17)32-18-9-3-14(25)4-10-18/h3-12H,13H2,1-2H3. The highest BCUT2D eigenvalue weighted by Gasteiger charge is 2.33. The lowest BCUT2D eigenvalue weighted by Gasteiger charge is -2.13. The Morgan fingerprint density at radius 2 is 1.91 bits per heavy atom.